The number of carbonyl (C=O) groups is 1. The lowest BCUT2D eigenvalue weighted by Crippen LogP contribution is -2.46. The Morgan fingerprint density at radius 2 is 2.19 bits per heavy atom. The van der Waals surface area contributed by atoms with Gasteiger partial charge in [-0.1, -0.05) is 18.2 Å². The smallest absolute Gasteiger partial charge is 0.321 e. The summed E-state index contributed by atoms with van der Waals surface area (Å²) < 4.78 is 1.82. The van der Waals surface area contributed by atoms with Crippen LogP contribution in [0.15, 0.2) is 42.7 Å². The van der Waals surface area contributed by atoms with E-state index in [0.29, 0.717) is 12.3 Å². The Balaban J connectivity index is 1.73. The van der Waals surface area contributed by atoms with E-state index in [0.717, 1.165) is 23.5 Å². The molecule has 0 aliphatic carbocycles. The van der Waals surface area contributed by atoms with Crippen LogP contribution in [0.25, 0.3) is 5.69 Å². The fourth-order valence-electron chi connectivity index (χ4n) is 2.45. The van der Waals surface area contributed by atoms with Crippen molar-refractivity contribution in [1.82, 2.24) is 14.7 Å². The third-order valence-electron chi connectivity index (χ3n) is 3.57. The summed E-state index contributed by atoms with van der Waals surface area (Å²) in [7, 11) is 0. The first-order chi connectivity index (χ1) is 10.2. The molecule has 5 nitrogen and oxygen atoms in total. The van der Waals surface area contributed by atoms with Gasteiger partial charge in [-0.3, -0.25) is 9.69 Å². The zero-order valence-corrected chi connectivity index (χ0v) is 12.4. The summed E-state index contributed by atoms with van der Waals surface area (Å²) in [6.07, 6.45) is 3.78. The number of thioether (sulfide) groups is 1. The van der Waals surface area contributed by atoms with Gasteiger partial charge in [0.15, 0.2) is 0 Å². The molecule has 6 heteroatoms. The van der Waals surface area contributed by atoms with Gasteiger partial charge in [-0.15, -0.1) is 0 Å². The minimum absolute atomic E-state index is 0.399. The molecule has 2 aromatic rings. The van der Waals surface area contributed by atoms with E-state index in [4.69, 9.17) is 0 Å². The second-order valence-electron chi connectivity index (χ2n) is 5.03. The Labute approximate surface area is 127 Å². The van der Waals surface area contributed by atoms with Crippen molar-refractivity contribution in [2.45, 2.75) is 12.6 Å². The monoisotopic (exact) mass is 303 g/mol. The molecule has 1 N–H and O–H groups in total. The predicted molar refractivity (Wildman–Crippen MR) is 82.7 cm³/mol. The molecule has 1 aliphatic rings. The molecule has 1 fully saturated rings. The van der Waals surface area contributed by atoms with Crippen molar-refractivity contribution in [3.63, 3.8) is 0 Å². The zero-order chi connectivity index (χ0) is 14.7. The molecular formula is C15H17N3O2S. The van der Waals surface area contributed by atoms with Crippen LogP contribution in [0.5, 0.6) is 0 Å². The standard InChI is InChI=1S/C15H17N3O2S/c19-15(20)14-11-21-7-6-17(14)9-12-8-16-18(10-12)13-4-2-1-3-5-13/h1-5,8,10,14H,6-7,9,11H2,(H,19,20). The summed E-state index contributed by atoms with van der Waals surface area (Å²) in [6, 6.07) is 9.50. The summed E-state index contributed by atoms with van der Waals surface area (Å²) in [4.78, 5) is 13.3. The van der Waals surface area contributed by atoms with Gasteiger partial charge in [0.2, 0.25) is 0 Å². The van der Waals surface area contributed by atoms with Gasteiger partial charge in [0, 0.05) is 36.4 Å². The number of aromatic nitrogens is 2. The highest BCUT2D eigenvalue weighted by molar-refractivity contribution is 7.99. The van der Waals surface area contributed by atoms with Crippen LogP contribution in [-0.2, 0) is 11.3 Å². The van der Waals surface area contributed by atoms with Crippen molar-refractivity contribution in [3.8, 4) is 5.69 Å². The number of rotatable bonds is 4. The second kappa shape index (κ2) is 6.32. The van der Waals surface area contributed by atoms with E-state index in [1.165, 1.54) is 0 Å². The van der Waals surface area contributed by atoms with Gasteiger partial charge in [-0.05, 0) is 12.1 Å². The van der Waals surface area contributed by atoms with Crippen molar-refractivity contribution in [1.29, 1.82) is 0 Å². The Kier molecular flexibility index (Phi) is 4.26. The average molecular weight is 303 g/mol. The Morgan fingerprint density at radius 3 is 2.95 bits per heavy atom. The Bertz CT molecular complexity index is 614. The number of hydrogen-bond acceptors (Lipinski definition) is 4. The van der Waals surface area contributed by atoms with E-state index in [-0.39, 0.29) is 0 Å². The van der Waals surface area contributed by atoms with Crippen molar-refractivity contribution in [2.75, 3.05) is 18.1 Å². The summed E-state index contributed by atoms with van der Waals surface area (Å²) in [5.41, 5.74) is 2.05. The number of para-hydroxylation sites is 1. The maximum Gasteiger partial charge on any atom is 0.321 e. The van der Waals surface area contributed by atoms with Gasteiger partial charge in [-0.2, -0.15) is 16.9 Å². The largest absolute Gasteiger partial charge is 0.480 e. The van der Waals surface area contributed by atoms with Gasteiger partial charge in [0.05, 0.1) is 11.9 Å². The molecular weight excluding hydrogens is 286 g/mol. The molecule has 0 amide bonds. The molecule has 0 bridgehead atoms. The highest BCUT2D eigenvalue weighted by Gasteiger charge is 2.28. The van der Waals surface area contributed by atoms with E-state index in [2.05, 4.69) is 5.10 Å². The van der Waals surface area contributed by atoms with Crippen LogP contribution >= 0.6 is 11.8 Å². The summed E-state index contributed by atoms with van der Waals surface area (Å²) in [5, 5.41) is 13.7. The molecule has 2 heterocycles. The first-order valence-corrected chi connectivity index (χ1v) is 8.03. The van der Waals surface area contributed by atoms with Crippen LogP contribution in [0, 0.1) is 0 Å². The van der Waals surface area contributed by atoms with Crippen molar-refractivity contribution < 1.29 is 9.90 Å². The molecule has 1 aromatic carbocycles. The van der Waals surface area contributed by atoms with Gasteiger partial charge in [0.25, 0.3) is 0 Å². The van der Waals surface area contributed by atoms with E-state index in [9.17, 15) is 9.90 Å². The van der Waals surface area contributed by atoms with Crippen LogP contribution < -0.4 is 0 Å². The molecule has 0 spiro atoms. The maximum atomic E-state index is 11.3. The van der Waals surface area contributed by atoms with Crippen LogP contribution in [0.3, 0.4) is 0 Å². The number of carboxylic acid groups (broad SMARTS) is 1. The first kappa shape index (κ1) is 14.2. The van der Waals surface area contributed by atoms with E-state index < -0.39 is 12.0 Å². The normalized spacial score (nSPS) is 19.5. The van der Waals surface area contributed by atoms with E-state index >= 15 is 0 Å². The van der Waals surface area contributed by atoms with Crippen LogP contribution in [0.2, 0.25) is 0 Å². The van der Waals surface area contributed by atoms with Gasteiger partial charge in [-0.25, -0.2) is 4.68 Å². The second-order valence-corrected chi connectivity index (χ2v) is 6.18. The zero-order valence-electron chi connectivity index (χ0n) is 11.6. The molecule has 21 heavy (non-hydrogen) atoms. The van der Waals surface area contributed by atoms with Crippen LogP contribution in [0.4, 0.5) is 0 Å². The Hall–Kier alpha value is -1.79. The van der Waals surface area contributed by atoms with Crippen molar-refractivity contribution in [2.24, 2.45) is 0 Å². The molecule has 1 aromatic heterocycles. The quantitative estimate of drug-likeness (QED) is 0.934. The molecule has 1 atom stereocenters. The third kappa shape index (κ3) is 3.28. The van der Waals surface area contributed by atoms with Gasteiger partial charge < -0.3 is 5.11 Å². The lowest BCUT2D eigenvalue weighted by Gasteiger charge is -2.32. The average Bonchev–Trinajstić information content (AvgIpc) is 2.97. The molecule has 110 valence electrons. The number of hydrogen-bond donors (Lipinski definition) is 1. The minimum Gasteiger partial charge on any atom is -0.480 e. The van der Waals surface area contributed by atoms with E-state index in [1.807, 2.05) is 52.3 Å². The summed E-state index contributed by atoms with van der Waals surface area (Å²) >= 11 is 1.70. The minimum atomic E-state index is -0.738. The van der Waals surface area contributed by atoms with Crippen molar-refractivity contribution in [3.05, 3.63) is 48.3 Å². The maximum absolute atomic E-state index is 11.3. The number of benzene rings is 1. The SMILES string of the molecule is O=C(O)C1CSCCN1Cc1cnn(-c2ccccc2)c1. The third-order valence-corrected chi connectivity index (χ3v) is 4.59. The van der Waals surface area contributed by atoms with Gasteiger partial charge in [0.1, 0.15) is 6.04 Å². The summed E-state index contributed by atoms with van der Waals surface area (Å²) in [5.74, 6) is 0.899. The predicted octanol–water partition coefficient (Wildman–Crippen LogP) is 1.87. The van der Waals surface area contributed by atoms with Crippen LogP contribution in [-0.4, -0.2) is 49.8 Å². The molecule has 3 rings (SSSR count). The molecule has 1 saturated heterocycles. The first-order valence-electron chi connectivity index (χ1n) is 6.87. The molecule has 1 aliphatic heterocycles. The molecule has 0 radical (unpaired) electrons. The van der Waals surface area contributed by atoms with E-state index in [1.54, 1.807) is 11.8 Å². The van der Waals surface area contributed by atoms with Crippen LogP contribution in [0.1, 0.15) is 5.56 Å². The Morgan fingerprint density at radius 1 is 1.38 bits per heavy atom. The van der Waals surface area contributed by atoms with Crippen molar-refractivity contribution >= 4 is 17.7 Å². The molecule has 0 saturated carbocycles. The fourth-order valence-corrected chi connectivity index (χ4v) is 3.56. The lowest BCUT2D eigenvalue weighted by molar-refractivity contribution is -0.142. The number of carboxylic acids is 1. The highest BCUT2D eigenvalue weighted by atomic mass is 32.2. The lowest BCUT2D eigenvalue weighted by atomic mass is 10.2. The number of nitrogens with zero attached hydrogens (tertiary/aromatic N) is 3. The van der Waals surface area contributed by atoms with Gasteiger partial charge >= 0.3 is 5.97 Å². The topological polar surface area (TPSA) is 58.4 Å². The number of aliphatic carboxylic acids is 1. The highest BCUT2D eigenvalue weighted by Crippen LogP contribution is 2.19. The molecule has 1 unspecified atom stereocenters. The summed E-state index contributed by atoms with van der Waals surface area (Å²) in [6.45, 7) is 1.43. The fraction of sp³-hybridized carbons (Fsp3) is 0.333.